The largest absolute Gasteiger partial charge is 0.477 e. The van der Waals surface area contributed by atoms with Crippen molar-refractivity contribution < 1.29 is 36.0 Å². The maximum atomic E-state index is 10.9. The van der Waals surface area contributed by atoms with E-state index in [1.807, 2.05) is 0 Å². The number of alkyl halides is 3. The molecule has 0 atom stereocenters. The zero-order chi connectivity index (χ0) is 11.1. The lowest BCUT2D eigenvalue weighted by molar-refractivity contribution is -0.149. The summed E-state index contributed by atoms with van der Waals surface area (Å²) in [7, 11) is -4.05. The van der Waals surface area contributed by atoms with E-state index in [4.69, 9.17) is 14.5 Å². The molecule has 0 aliphatic rings. The maximum Gasteiger partial charge on any atom is 0.371 e. The fourth-order valence-corrected chi connectivity index (χ4v) is 0.292. The summed E-state index contributed by atoms with van der Waals surface area (Å²) in [5, 5.41) is 7.24. The van der Waals surface area contributed by atoms with Gasteiger partial charge in [-0.2, -0.15) is 17.2 Å². The molecule has 0 heterocycles. The molecule has 0 unspecified atom stereocenters. The number of carboxylic acids is 1. The topological polar surface area (TPSA) is 91.7 Å². The van der Waals surface area contributed by atoms with Crippen molar-refractivity contribution >= 4 is 16.1 Å². The highest BCUT2D eigenvalue weighted by Gasteiger charge is 2.10. The first-order valence-corrected chi connectivity index (χ1v) is 4.33. The van der Waals surface area contributed by atoms with Gasteiger partial charge >= 0.3 is 12.4 Å². The summed E-state index contributed by atoms with van der Waals surface area (Å²) in [6.45, 7) is -1.03. The van der Waals surface area contributed by atoms with Crippen LogP contribution in [0.5, 0.6) is 0 Å². The first-order valence-electron chi connectivity index (χ1n) is 2.72. The van der Waals surface area contributed by atoms with Crippen LogP contribution in [-0.4, -0.2) is 42.9 Å². The van der Waals surface area contributed by atoms with Crippen LogP contribution < -0.4 is 0 Å². The van der Waals surface area contributed by atoms with Crippen LogP contribution in [0.15, 0.2) is 0 Å². The Hall–Kier alpha value is -0.830. The van der Waals surface area contributed by atoms with Gasteiger partial charge in [-0.1, -0.05) is 0 Å². The van der Waals surface area contributed by atoms with Crippen LogP contribution in [0.3, 0.4) is 0 Å². The number of halogens is 3. The van der Waals surface area contributed by atoms with Gasteiger partial charge < -0.3 is 5.11 Å². The van der Waals surface area contributed by atoms with E-state index in [9.17, 15) is 21.6 Å². The van der Waals surface area contributed by atoms with E-state index in [1.165, 1.54) is 0 Å². The van der Waals surface area contributed by atoms with Gasteiger partial charge in [0.15, 0.2) is 0 Å². The summed E-state index contributed by atoms with van der Waals surface area (Å²) in [5.74, 6) is -2.87. The van der Waals surface area contributed by atoms with Gasteiger partial charge in [0.25, 0.3) is 10.1 Å². The number of aliphatic carboxylic acids is 1. The monoisotopic (exact) mass is 224 g/mol. The molecule has 80 valence electrons. The lowest BCUT2D eigenvalue weighted by atomic mass is 10.7. The predicted octanol–water partition coefficient (Wildman–Crippen LogP) is 0.180. The van der Waals surface area contributed by atoms with E-state index in [-0.39, 0.29) is 0 Å². The van der Waals surface area contributed by atoms with E-state index < -0.39 is 34.9 Å². The Morgan fingerprint density at radius 2 is 1.69 bits per heavy atom. The first kappa shape index (κ1) is 14.7. The number of rotatable bonds is 3. The molecule has 0 saturated heterocycles. The molecule has 0 amide bonds. The first-order chi connectivity index (χ1) is 5.70. The fraction of sp³-hybridized carbons (Fsp3) is 0.750. The molecular formula is C4H7F3O5S. The van der Waals surface area contributed by atoms with Gasteiger partial charge in [0.1, 0.15) is 12.4 Å². The third-order valence-electron chi connectivity index (χ3n) is 0.522. The molecule has 9 heteroatoms. The molecule has 0 aliphatic heterocycles. The lowest BCUT2D eigenvalue weighted by Crippen LogP contribution is -2.06. The van der Waals surface area contributed by atoms with Gasteiger partial charge in [0, 0.05) is 0 Å². The number of hydrogen-bond donors (Lipinski definition) is 2. The molecule has 0 saturated carbocycles. The highest BCUT2D eigenvalue weighted by molar-refractivity contribution is 7.85. The molecule has 0 aromatic heterocycles. The minimum Gasteiger partial charge on any atom is -0.477 e. The maximum absolute atomic E-state index is 10.9. The quantitative estimate of drug-likeness (QED) is 0.667. The minimum atomic E-state index is -4.05. The molecule has 0 bridgehead atoms. The molecule has 0 rings (SSSR count). The summed E-state index contributed by atoms with van der Waals surface area (Å²) >= 11 is 0. The summed E-state index contributed by atoms with van der Waals surface area (Å²) in [5.41, 5.74) is 0. The smallest absolute Gasteiger partial charge is 0.371 e. The zero-order valence-corrected chi connectivity index (χ0v) is 6.97. The van der Waals surface area contributed by atoms with Crippen LogP contribution in [-0.2, 0) is 14.9 Å². The van der Waals surface area contributed by atoms with Gasteiger partial charge in [-0.05, 0) is 0 Å². The van der Waals surface area contributed by atoms with Gasteiger partial charge in [-0.3, -0.25) is 4.55 Å². The standard InChI is InChI=1S/C2H2F2O2.C2H5FO3S/c3-1(4)2(5)6;3-1-2-7(4,5)6/h1H,(H,5,6);1-2H2,(H,4,5,6). The Morgan fingerprint density at radius 1 is 1.38 bits per heavy atom. The van der Waals surface area contributed by atoms with Crippen LogP contribution in [0.4, 0.5) is 13.2 Å². The van der Waals surface area contributed by atoms with E-state index in [0.717, 1.165) is 0 Å². The number of carboxylic acid groups (broad SMARTS) is 1. The van der Waals surface area contributed by atoms with Crippen molar-refractivity contribution in [1.82, 2.24) is 0 Å². The van der Waals surface area contributed by atoms with Crippen LogP contribution in [0, 0.1) is 0 Å². The summed E-state index contributed by atoms with van der Waals surface area (Å²) in [4.78, 5) is 8.95. The van der Waals surface area contributed by atoms with E-state index in [0.29, 0.717) is 0 Å². The van der Waals surface area contributed by atoms with Crippen LogP contribution in [0.2, 0.25) is 0 Å². The second-order valence-electron chi connectivity index (χ2n) is 1.61. The van der Waals surface area contributed by atoms with E-state index >= 15 is 0 Å². The summed E-state index contributed by atoms with van der Waals surface area (Å²) < 4.78 is 58.9. The second-order valence-corrected chi connectivity index (χ2v) is 3.19. The normalized spacial score (nSPS) is 10.5. The SMILES string of the molecule is O=C(O)C(F)F.O=S(=O)(O)CCF. The number of carbonyl (C=O) groups is 1. The molecule has 0 aromatic rings. The van der Waals surface area contributed by atoms with Crippen LogP contribution >= 0.6 is 0 Å². The third-order valence-corrected chi connectivity index (χ3v) is 1.19. The highest BCUT2D eigenvalue weighted by Crippen LogP contribution is 1.87. The molecule has 2 N–H and O–H groups in total. The van der Waals surface area contributed by atoms with Gasteiger partial charge in [0.05, 0.1) is 0 Å². The molecule has 0 aliphatic carbocycles. The van der Waals surface area contributed by atoms with Crippen molar-refractivity contribution in [1.29, 1.82) is 0 Å². The highest BCUT2D eigenvalue weighted by atomic mass is 32.2. The summed E-state index contributed by atoms with van der Waals surface area (Å²) in [6.07, 6.45) is -3.23. The van der Waals surface area contributed by atoms with Gasteiger partial charge in [-0.25, -0.2) is 9.18 Å². The predicted molar refractivity (Wildman–Crippen MR) is 36.0 cm³/mol. The lowest BCUT2D eigenvalue weighted by Gasteiger charge is -1.84. The van der Waals surface area contributed by atoms with Crippen molar-refractivity contribution in [3.8, 4) is 0 Å². The zero-order valence-electron chi connectivity index (χ0n) is 6.15. The Bertz CT molecular complexity index is 236. The Labute approximate surface area is 71.9 Å². The molecule has 0 fully saturated rings. The Kier molecular flexibility index (Phi) is 7.52. The van der Waals surface area contributed by atoms with Crippen LogP contribution in [0.25, 0.3) is 0 Å². The molecule has 13 heavy (non-hydrogen) atoms. The fourth-order valence-electron chi connectivity index (χ4n) is 0.0975. The Morgan fingerprint density at radius 3 is 1.69 bits per heavy atom. The van der Waals surface area contributed by atoms with Crippen molar-refractivity contribution in [2.45, 2.75) is 6.43 Å². The average molecular weight is 224 g/mol. The molecule has 5 nitrogen and oxygen atoms in total. The van der Waals surface area contributed by atoms with E-state index in [1.54, 1.807) is 0 Å². The average Bonchev–Trinajstić information content (AvgIpc) is 1.85. The second kappa shape index (κ2) is 6.66. The molecule has 0 spiro atoms. The van der Waals surface area contributed by atoms with Gasteiger partial charge in [-0.15, -0.1) is 0 Å². The van der Waals surface area contributed by atoms with Crippen molar-refractivity contribution in [3.05, 3.63) is 0 Å². The third kappa shape index (κ3) is 18.3. The minimum absolute atomic E-state index is 0.799. The molecule has 0 radical (unpaired) electrons. The Balaban J connectivity index is 0. The van der Waals surface area contributed by atoms with Crippen molar-refractivity contribution in [2.24, 2.45) is 0 Å². The van der Waals surface area contributed by atoms with Crippen molar-refractivity contribution in [2.75, 3.05) is 12.4 Å². The van der Waals surface area contributed by atoms with E-state index in [2.05, 4.69) is 0 Å². The summed E-state index contributed by atoms with van der Waals surface area (Å²) in [6, 6.07) is 0. The van der Waals surface area contributed by atoms with Gasteiger partial charge in [0.2, 0.25) is 0 Å². The van der Waals surface area contributed by atoms with Crippen LogP contribution in [0.1, 0.15) is 0 Å². The number of hydrogen-bond acceptors (Lipinski definition) is 3. The molecule has 0 aromatic carbocycles. The van der Waals surface area contributed by atoms with Crippen molar-refractivity contribution in [3.63, 3.8) is 0 Å². The molecular weight excluding hydrogens is 217 g/mol.